The lowest BCUT2D eigenvalue weighted by atomic mass is 10.1. The number of hydrogen-bond donors (Lipinski definition) is 0. The summed E-state index contributed by atoms with van der Waals surface area (Å²) in [6, 6.07) is 6.15. The fourth-order valence-corrected chi connectivity index (χ4v) is 2.27. The molecule has 16 heavy (non-hydrogen) atoms. The highest BCUT2D eigenvalue weighted by atomic mass is 35.5. The Morgan fingerprint density at radius 1 is 1.44 bits per heavy atom. The number of halogens is 1. The second kappa shape index (κ2) is 4.30. The molecular formula is C13H14ClNO. The van der Waals surface area contributed by atoms with E-state index in [1.165, 1.54) is 0 Å². The molecule has 0 aliphatic rings. The van der Waals surface area contributed by atoms with Gasteiger partial charge in [0.1, 0.15) is 6.29 Å². The van der Waals surface area contributed by atoms with Crippen LogP contribution in [0.2, 0.25) is 5.02 Å². The summed E-state index contributed by atoms with van der Waals surface area (Å²) in [6.07, 6.45) is 3.40. The van der Waals surface area contributed by atoms with Crippen molar-refractivity contribution in [3.05, 3.63) is 35.0 Å². The molecule has 1 aromatic heterocycles. The Morgan fingerprint density at radius 2 is 2.19 bits per heavy atom. The number of fused-ring (bicyclic) bond motifs is 1. The van der Waals surface area contributed by atoms with E-state index in [4.69, 9.17) is 11.6 Å². The SMILES string of the molecule is CC(C)n1cc(CC=O)c2cccc(Cl)c21. The van der Waals surface area contributed by atoms with E-state index in [1.54, 1.807) is 0 Å². The van der Waals surface area contributed by atoms with Crippen molar-refractivity contribution in [2.75, 3.05) is 0 Å². The van der Waals surface area contributed by atoms with Crippen LogP contribution in [0.3, 0.4) is 0 Å². The summed E-state index contributed by atoms with van der Waals surface area (Å²) in [5, 5.41) is 1.82. The number of hydrogen-bond acceptors (Lipinski definition) is 1. The van der Waals surface area contributed by atoms with Crippen LogP contribution in [-0.4, -0.2) is 10.9 Å². The molecule has 0 saturated heterocycles. The fraction of sp³-hybridized carbons (Fsp3) is 0.308. The summed E-state index contributed by atoms with van der Waals surface area (Å²) in [4.78, 5) is 10.6. The van der Waals surface area contributed by atoms with Crippen molar-refractivity contribution in [3.63, 3.8) is 0 Å². The third-order valence-corrected chi connectivity index (χ3v) is 3.05. The maximum absolute atomic E-state index is 10.6. The summed E-state index contributed by atoms with van der Waals surface area (Å²) >= 11 is 6.21. The van der Waals surface area contributed by atoms with E-state index in [2.05, 4.69) is 18.4 Å². The van der Waals surface area contributed by atoms with Gasteiger partial charge in [-0.2, -0.15) is 0 Å². The van der Waals surface area contributed by atoms with Crippen molar-refractivity contribution >= 4 is 28.8 Å². The highest BCUT2D eigenvalue weighted by Gasteiger charge is 2.12. The first-order valence-corrected chi connectivity index (χ1v) is 5.74. The molecule has 0 radical (unpaired) electrons. The molecular weight excluding hydrogens is 222 g/mol. The molecule has 0 N–H and O–H groups in total. The molecule has 84 valence electrons. The second-order valence-corrected chi connectivity index (χ2v) is 4.57. The van der Waals surface area contributed by atoms with Crippen molar-refractivity contribution < 1.29 is 4.79 Å². The molecule has 0 saturated carbocycles. The Kier molecular flexibility index (Phi) is 3.01. The summed E-state index contributed by atoms with van der Waals surface area (Å²) in [5.74, 6) is 0. The Balaban J connectivity index is 2.76. The Labute approximate surface area is 99.8 Å². The van der Waals surface area contributed by atoms with Crippen LogP contribution in [0, 0.1) is 0 Å². The molecule has 2 rings (SSSR count). The van der Waals surface area contributed by atoms with E-state index in [-0.39, 0.29) is 0 Å². The smallest absolute Gasteiger partial charge is 0.124 e. The zero-order chi connectivity index (χ0) is 11.7. The topological polar surface area (TPSA) is 22.0 Å². The number of benzene rings is 1. The van der Waals surface area contributed by atoms with E-state index in [9.17, 15) is 4.79 Å². The number of nitrogens with zero attached hydrogens (tertiary/aromatic N) is 1. The molecule has 0 aliphatic carbocycles. The van der Waals surface area contributed by atoms with Crippen molar-refractivity contribution in [1.82, 2.24) is 4.57 Å². The maximum Gasteiger partial charge on any atom is 0.124 e. The van der Waals surface area contributed by atoms with E-state index >= 15 is 0 Å². The summed E-state index contributed by atoms with van der Waals surface area (Å²) in [7, 11) is 0. The first-order chi connectivity index (χ1) is 7.65. The molecule has 1 aromatic carbocycles. The van der Waals surface area contributed by atoms with Crippen molar-refractivity contribution in [3.8, 4) is 0 Å². The lowest BCUT2D eigenvalue weighted by Gasteiger charge is -2.09. The summed E-state index contributed by atoms with van der Waals surface area (Å²) < 4.78 is 2.12. The molecule has 0 aliphatic heterocycles. The van der Waals surface area contributed by atoms with Gasteiger partial charge < -0.3 is 9.36 Å². The maximum atomic E-state index is 10.6. The first-order valence-electron chi connectivity index (χ1n) is 5.36. The van der Waals surface area contributed by atoms with Crippen LogP contribution in [-0.2, 0) is 11.2 Å². The number of para-hydroxylation sites is 1. The van der Waals surface area contributed by atoms with Gasteiger partial charge in [-0.1, -0.05) is 23.7 Å². The van der Waals surface area contributed by atoms with E-state index in [1.807, 2.05) is 24.4 Å². The van der Waals surface area contributed by atoms with Gasteiger partial charge >= 0.3 is 0 Å². The molecule has 0 unspecified atom stereocenters. The fourth-order valence-electron chi connectivity index (χ4n) is 2.00. The summed E-state index contributed by atoms with van der Waals surface area (Å²) in [5.41, 5.74) is 2.07. The van der Waals surface area contributed by atoms with Gasteiger partial charge in [0, 0.05) is 24.0 Å². The minimum absolute atomic E-state index is 0.336. The van der Waals surface area contributed by atoms with Crippen molar-refractivity contribution in [1.29, 1.82) is 0 Å². The van der Waals surface area contributed by atoms with Crippen LogP contribution in [0.15, 0.2) is 24.4 Å². The third kappa shape index (κ3) is 1.74. The molecule has 0 spiro atoms. The van der Waals surface area contributed by atoms with Gasteiger partial charge in [0.15, 0.2) is 0 Å². The highest BCUT2D eigenvalue weighted by Crippen LogP contribution is 2.30. The minimum atomic E-state index is 0.336. The van der Waals surface area contributed by atoms with Gasteiger partial charge in [-0.3, -0.25) is 0 Å². The average Bonchev–Trinajstić information content (AvgIpc) is 2.60. The van der Waals surface area contributed by atoms with Gasteiger partial charge in [-0.25, -0.2) is 0 Å². The van der Waals surface area contributed by atoms with Gasteiger partial charge in [0.05, 0.1) is 10.5 Å². The van der Waals surface area contributed by atoms with E-state index in [0.717, 1.165) is 27.8 Å². The molecule has 0 bridgehead atoms. The predicted molar refractivity (Wildman–Crippen MR) is 67.1 cm³/mol. The van der Waals surface area contributed by atoms with Crippen LogP contribution >= 0.6 is 11.6 Å². The molecule has 0 atom stereocenters. The number of carbonyl (C=O) groups excluding carboxylic acids is 1. The quantitative estimate of drug-likeness (QED) is 0.745. The summed E-state index contributed by atoms with van der Waals surface area (Å²) in [6.45, 7) is 4.21. The number of aldehydes is 1. The van der Waals surface area contributed by atoms with Crippen LogP contribution < -0.4 is 0 Å². The Bertz CT molecular complexity index is 528. The molecule has 2 aromatic rings. The largest absolute Gasteiger partial charge is 0.343 e. The Hall–Kier alpha value is -1.28. The monoisotopic (exact) mass is 235 g/mol. The third-order valence-electron chi connectivity index (χ3n) is 2.75. The van der Waals surface area contributed by atoms with Gasteiger partial charge in [-0.15, -0.1) is 0 Å². The zero-order valence-electron chi connectivity index (χ0n) is 9.40. The zero-order valence-corrected chi connectivity index (χ0v) is 10.2. The lowest BCUT2D eigenvalue weighted by molar-refractivity contribution is -0.107. The highest BCUT2D eigenvalue weighted by molar-refractivity contribution is 6.35. The van der Waals surface area contributed by atoms with Gasteiger partial charge in [0.2, 0.25) is 0 Å². The van der Waals surface area contributed by atoms with E-state index in [0.29, 0.717) is 12.5 Å². The average molecular weight is 236 g/mol. The van der Waals surface area contributed by atoms with Crippen LogP contribution in [0.25, 0.3) is 10.9 Å². The van der Waals surface area contributed by atoms with Crippen LogP contribution in [0.1, 0.15) is 25.5 Å². The molecule has 2 nitrogen and oxygen atoms in total. The number of rotatable bonds is 3. The normalized spacial score (nSPS) is 11.2. The lowest BCUT2D eigenvalue weighted by Crippen LogP contribution is -1.98. The van der Waals surface area contributed by atoms with Crippen molar-refractivity contribution in [2.45, 2.75) is 26.3 Å². The van der Waals surface area contributed by atoms with E-state index < -0.39 is 0 Å². The van der Waals surface area contributed by atoms with Crippen molar-refractivity contribution in [2.24, 2.45) is 0 Å². The molecule has 0 fully saturated rings. The number of carbonyl (C=O) groups is 1. The second-order valence-electron chi connectivity index (χ2n) is 4.16. The number of aromatic nitrogens is 1. The minimum Gasteiger partial charge on any atom is -0.343 e. The van der Waals surface area contributed by atoms with Crippen LogP contribution in [0.4, 0.5) is 0 Å². The Morgan fingerprint density at radius 3 is 2.81 bits per heavy atom. The standard InChI is InChI=1S/C13H14ClNO/c1-9(2)15-8-10(6-7-16)11-4-3-5-12(14)13(11)15/h3-5,7-9H,6H2,1-2H3. The predicted octanol–water partition coefficient (Wildman–Crippen LogP) is 3.62. The van der Waals surface area contributed by atoms with Crippen LogP contribution in [0.5, 0.6) is 0 Å². The van der Waals surface area contributed by atoms with Gasteiger partial charge in [0.25, 0.3) is 0 Å². The first kappa shape index (κ1) is 11.2. The van der Waals surface area contributed by atoms with Gasteiger partial charge in [-0.05, 0) is 25.5 Å². The molecule has 0 amide bonds. The molecule has 1 heterocycles. The molecule has 3 heteroatoms.